The number of carbonyl (C=O) groups excluding carboxylic acids is 1. The van der Waals surface area contributed by atoms with Gasteiger partial charge in [0.1, 0.15) is 10.7 Å². The summed E-state index contributed by atoms with van der Waals surface area (Å²) < 4.78 is 0. The third kappa shape index (κ3) is 4.62. The molecule has 2 heterocycles. The molecular weight excluding hydrogens is 304 g/mol. The zero-order chi connectivity index (χ0) is 15.5. The van der Waals surface area contributed by atoms with Crippen molar-refractivity contribution in [3.05, 3.63) is 27.9 Å². The van der Waals surface area contributed by atoms with Gasteiger partial charge in [0, 0.05) is 22.9 Å². The van der Waals surface area contributed by atoms with E-state index in [1.807, 2.05) is 30.7 Å². The summed E-state index contributed by atoms with van der Waals surface area (Å²) in [6, 6.07) is 1.98. The van der Waals surface area contributed by atoms with E-state index in [0.29, 0.717) is 18.0 Å². The highest BCUT2D eigenvalue weighted by Crippen LogP contribution is 2.25. The Labute approximate surface area is 132 Å². The highest BCUT2D eigenvalue weighted by molar-refractivity contribution is 7.14. The number of aliphatic hydroxyl groups is 1. The van der Waals surface area contributed by atoms with E-state index in [2.05, 4.69) is 10.3 Å². The number of hydrogen-bond acceptors (Lipinski definition) is 5. The summed E-state index contributed by atoms with van der Waals surface area (Å²) in [4.78, 5) is 16.4. The quantitative estimate of drug-likeness (QED) is 0.856. The van der Waals surface area contributed by atoms with E-state index in [0.717, 1.165) is 10.6 Å². The van der Waals surface area contributed by atoms with Gasteiger partial charge in [0.2, 0.25) is 0 Å². The third-order valence-corrected chi connectivity index (χ3v) is 4.56. The number of aromatic nitrogens is 1. The van der Waals surface area contributed by atoms with Crippen LogP contribution >= 0.6 is 22.7 Å². The lowest BCUT2D eigenvalue weighted by Gasteiger charge is -2.25. The van der Waals surface area contributed by atoms with Gasteiger partial charge < -0.3 is 10.4 Å². The van der Waals surface area contributed by atoms with Crippen LogP contribution in [0.15, 0.2) is 22.2 Å². The number of rotatable bonds is 6. The molecule has 2 aromatic heterocycles. The molecule has 2 rings (SSSR count). The lowest BCUT2D eigenvalue weighted by atomic mass is 9.94. The van der Waals surface area contributed by atoms with Crippen LogP contribution in [0, 0.1) is 5.92 Å². The summed E-state index contributed by atoms with van der Waals surface area (Å²) in [7, 11) is 0. The molecule has 0 aliphatic carbocycles. The number of amides is 1. The van der Waals surface area contributed by atoms with E-state index in [-0.39, 0.29) is 12.5 Å². The van der Waals surface area contributed by atoms with Gasteiger partial charge >= 0.3 is 0 Å². The minimum atomic E-state index is -0.893. The van der Waals surface area contributed by atoms with E-state index in [4.69, 9.17) is 0 Å². The molecule has 0 fully saturated rings. The molecule has 0 saturated heterocycles. The van der Waals surface area contributed by atoms with Crippen molar-refractivity contribution in [1.29, 1.82) is 0 Å². The van der Waals surface area contributed by atoms with Gasteiger partial charge in [-0.25, -0.2) is 4.98 Å². The average molecular weight is 324 g/mol. The molecule has 1 atom stereocenters. The van der Waals surface area contributed by atoms with Crippen molar-refractivity contribution < 1.29 is 9.90 Å². The molecule has 0 aliphatic heterocycles. The van der Waals surface area contributed by atoms with Crippen LogP contribution in [0.25, 0.3) is 10.6 Å². The fraction of sp³-hybridized carbons (Fsp3) is 0.467. The molecule has 0 aliphatic rings. The van der Waals surface area contributed by atoms with Crippen LogP contribution in [-0.2, 0) is 0 Å². The predicted molar refractivity (Wildman–Crippen MR) is 87.8 cm³/mol. The first-order chi connectivity index (χ1) is 9.87. The maximum Gasteiger partial charge on any atom is 0.270 e. The molecule has 1 unspecified atom stereocenters. The Morgan fingerprint density at radius 1 is 1.48 bits per heavy atom. The van der Waals surface area contributed by atoms with Crippen LogP contribution in [0.1, 0.15) is 37.7 Å². The van der Waals surface area contributed by atoms with Crippen LogP contribution in [0.3, 0.4) is 0 Å². The Bertz CT molecular complexity index is 589. The van der Waals surface area contributed by atoms with Crippen molar-refractivity contribution in [1.82, 2.24) is 10.3 Å². The molecule has 0 radical (unpaired) electrons. The second kappa shape index (κ2) is 6.68. The highest BCUT2D eigenvalue weighted by Gasteiger charge is 2.23. The van der Waals surface area contributed by atoms with Crippen LogP contribution in [0.4, 0.5) is 0 Å². The Morgan fingerprint density at radius 2 is 2.24 bits per heavy atom. The average Bonchev–Trinajstić information content (AvgIpc) is 3.04. The van der Waals surface area contributed by atoms with E-state index in [9.17, 15) is 9.90 Å². The van der Waals surface area contributed by atoms with Gasteiger partial charge in [0.25, 0.3) is 5.91 Å². The van der Waals surface area contributed by atoms with E-state index < -0.39 is 5.60 Å². The monoisotopic (exact) mass is 324 g/mol. The molecule has 21 heavy (non-hydrogen) atoms. The third-order valence-electron chi connectivity index (χ3n) is 2.98. The van der Waals surface area contributed by atoms with Gasteiger partial charge in [0.05, 0.1) is 5.60 Å². The van der Waals surface area contributed by atoms with Crippen molar-refractivity contribution >= 4 is 28.6 Å². The SMILES string of the molecule is CC(C)CC(C)(O)CNC(=O)c1csc(-c2ccsc2)n1. The van der Waals surface area contributed by atoms with E-state index in [1.54, 1.807) is 23.6 Å². The van der Waals surface area contributed by atoms with Crippen molar-refractivity contribution in [3.63, 3.8) is 0 Å². The van der Waals surface area contributed by atoms with Gasteiger partial charge in [-0.2, -0.15) is 11.3 Å². The number of nitrogens with one attached hydrogen (secondary N) is 1. The summed E-state index contributed by atoms with van der Waals surface area (Å²) in [5, 5.41) is 19.6. The fourth-order valence-electron chi connectivity index (χ4n) is 2.21. The van der Waals surface area contributed by atoms with Gasteiger partial charge in [-0.3, -0.25) is 4.79 Å². The molecule has 0 saturated carbocycles. The predicted octanol–water partition coefficient (Wildman–Crippen LogP) is 3.40. The molecule has 4 nitrogen and oxygen atoms in total. The van der Waals surface area contributed by atoms with Crippen molar-refractivity contribution in [2.75, 3.05) is 6.54 Å². The second-order valence-corrected chi connectivity index (χ2v) is 7.47. The minimum absolute atomic E-state index is 0.231. The summed E-state index contributed by atoms with van der Waals surface area (Å²) >= 11 is 3.06. The Hall–Kier alpha value is -1.24. The van der Waals surface area contributed by atoms with Crippen LogP contribution < -0.4 is 5.32 Å². The van der Waals surface area contributed by atoms with Gasteiger partial charge in [-0.1, -0.05) is 13.8 Å². The Kier molecular flexibility index (Phi) is 5.13. The first kappa shape index (κ1) is 16.1. The Morgan fingerprint density at radius 3 is 2.86 bits per heavy atom. The molecule has 2 N–H and O–H groups in total. The van der Waals surface area contributed by atoms with E-state index in [1.165, 1.54) is 11.3 Å². The maximum atomic E-state index is 12.1. The largest absolute Gasteiger partial charge is 0.388 e. The van der Waals surface area contributed by atoms with Gasteiger partial charge in [0.15, 0.2) is 0 Å². The standard InChI is InChI=1S/C15H20N2O2S2/c1-10(2)6-15(3,19)9-16-13(18)12-8-21-14(17-12)11-4-5-20-7-11/h4-5,7-8,10,19H,6,9H2,1-3H3,(H,16,18). The smallest absolute Gasteiger partial charge is 0.270 e. The molecule has 0 bridgehead atoms. The summed E-state index contributed by atoms with van der Waals surface area (Å²) in [6.45, 7) is 6.06. The lowest BCUT2D eigenvalue weighted by Crippen LogP contribution is -2.41. The summed E-state index contributed by atoms with van der Waals surface area (Å²) in [6.07, 6.45) is 0.643. The Balaban J connectivity index is 1.95. The number of nitrogens with zero attached hydrogens (tertiary/aromatic N) is 1. The number of carbonyl (C=O) groups is 1. The molecule has 0 spiro atoms. The zero-order valence-corrected chi connectivity index (χ0v) is 14.1. The molecular formula is C15H20N2O2S2. The van der Waals surface area contributed by atoms with Crippen molar-refractivity contribution in [3.8, 4) is 10.6 Å². The normalized spacial score (nSPS) is 14.1. The van der Waals surface area contributed by atoms with Gasteiger partial charge in [-0.15, -0.1) is 11.3 Å². The topological polar surface area (TPSA) is 62.2 Å². The number of hydrogen-bond donors (Lipinski definition) is 2. The second-order valence-electron chi connectivity index (χ2n) is 5.83. The fourth-order valence-corrected chi connectivity index (χ4v) is 3.72. The first-order valence-corrected chi connectivity index (χ1v) is 8.68. The van der Waals surface area contributed by atoms with Crippen LogP contribution in [0.2, 0.25) is 0 Å². The van der Waals surface area contributed by atoms with Crippen molar-refractivity contribution in [2.45, 2.75) is 32.8 Å². The number of thiophene rings is 1. The lowest BCUT2D eigenvalue weighted by molar-refractivity contribution is 0.0367. The molecule has 2 aromatic rings. The summed E-state index contributed by atoms with van der Waals surface area (Å²) in [5.74, 6) is 0.137. The first-order valence-electron chi connectivity index (χ1n) is 6.86. The number of thiazole rings is 1. The molecule has 6 heteroatoms. The molecule has 114 valence electrons. The minimum Gasteiger partial charge on any atom is -0.388 e. The molecule has 1 amide bonds. The zero-order valence-electron chi connectivity index (χ0n) is 12.4. The van der Waals surface area contributed by atoms with Crippen LogP contribution in [-0.4, -0.2) is 28.1 Å². The highest BCUT2D eigenvalue weighted by atomic mass is 32.1. The summed E-state index contributed by atoms with van der Waals surface area (Å²) in [5.41, 5.74) is 0.549. The maximum absolute atomic E-state index is 12.1. The van der Waals surface area contributed by atoms with E-state index >= 15 is 0 Å². The molecule has 0 aromatic carbocycles. The van der Waals surface area contributed by atoms with Crippen molar-refractivity contribution in [2.24, 2.45) is 5.92 Å². The van der Waals surface area contributed by atoms with Gasteiger partial charge in [-0.05, 0) is 30.7 Å². The van der Waals surface area contributed by atoms with Crippen LogP contribution in [0.5, 0.6) is 0 Å².